The Labute approximate surface area is 227 Å². The predicted molar refractivity (Wildman–Crippen MR) is 153 cm³/mol. The standard InChI is InChI=1S/C32H46N2O2S/c1-20(2)8-6-9-21(3)24-11-12-25-23-19-28(35)27-18-22(33-34-30(36)29-10-7-17-37-29)13-15-32(27,5)26(23)14-16-31(24,25)4/h7,10,17-18,20-21,23-26H,6,8-9,11-16,19H2,1-5H3,(H,34,36)/b33-22+/t21-,23+,24-,25+,26+,31-,32-/m1/s1. The smallest absolute Gasteiger partial charge is 0.281 e. The molecule has 4 aliphatic carbocycles. The van der Waals surface area contributed by atoms with E-state index < -0.39 is 0 Å². The summed E-state index contributed by atoms with van der Waals surface area (Å²) in [6.45, 7) is 12.1. The van der Waals surface area contributed by atoms with Gasteiger partial charge in [-0.1, -0.05) is 59.9 Å². The number of nitrogens with one attached hydrogen (secondary N) is 1. The molecule has 4 aliphatic rings. The zero-order valence-corrected chi connectivity index (χ0v) is 24.3. The topological polar surface area (TPSA) is 58.5 Å². The van der Waals surface area contributed by atoms with Crippen LogP contribution in [0.4, 0.5) is 0 Å². The van der Waals surface area contributed by atoms with Crippen LogP contribution in [0.5, 0.6) is 0 Å². The van der Waals surface area contributed by atoms with Gasteiger partial charge in [-0.25, -0.2) is 5.43 Å². The molecule has 5 heteroatoms. The van der Waals surface area contributed by atoms with Crippen molar-refractivity contribution in [1.29, 1.82) is 0 Å². The number of Topliss-reactive ketones (excluding diaryl/α,β-unsaturated/α-hetero) is 1. The molecule has 5 rings (SSSR count). The molecule has 1 aromatic heterocycles. The van der Waals surface area contributed by atoms with Crippen LogP contribution >= 0.6 is 11.3 Å². The maximum atomic E-state index is 13.7. The summed E-state index contributed by atoms with van der Waals surface area (Å²) in [7, 11) is 0. The average Bonchev–Trinajstić information content (AvgIpc) is 3.51. The van der Waals surface area contributed by atoms with Crippen molar-refractivity contribution in [2.75, 3.05) is 0 Å². The molecule has 7 atom stereocenters. The highest BCUT2D eigenvalue weighted by Crippen LogP contribution is 2.67. The molecule has 1 aromatic rings. The summed E-state index contributed by atoms with van der Waals surface area (Å²) in [6, 6.07) is 3.67. The molecule has 37 heavy (non-hydrogen) atoms. The van der Waals surface area contributed by atoms with Crippen LogP contribution in [0, 0.1) is 46.3 Å². The van der Waals surface area contributed by atoms with Crippen molar-refractivity contribution in [1.82, 2.24) is 5.43 Å². The summed E-state index contributed by atoms with van der Waals surface area (Å²) < 4.78 is 0. The molecule has 0 unspecified atom stereocenters. The molecule has 1 heterocycles. The van der Waals surface area contributed by atoms with Crippen molar-refractivity contribution in [3.05, 3.63) is 34.0 Å². The highest BCUT2D eigenvalue weighted by Gasteiger charge is 2.60. The minimum atomic E-state index is -0.176. The van der Waals surface area contributed by atoms with Gasteiger partial charge in [-0.05, 0) is 102 Å². The second-order valence-corrected chi connectivity index (χ2v) is 14.5. The lowest BCUT2D eigenvalue weighted by Gasteiger charge is -2.58. The monoisotopic (exact) mass is 522 g/mol. The Hall–Kier alpha value is -1.75. The lowest BCUT2D eigenvalue weighted by molar-refractivity contribution is -0.128. The minimum Gasteiger partial charge on any atom is -0.295 e. The number of thiophene rings is 1. The number of carbonyl (C=O) groups is 2. The Bertz CT molecular complexity index is 1070. The number of carbonyl (C=O) groups excluding carboxylic acids is 2. The summed E-state index contributed by atoms with van der Waals surface area (Å²) in [5.74, 6) is 4.35. The molecule has 0 radical (unpaired) electrons. The summed E-state index contributed by atoms with van der Waals surface area (Å²) in [4.78, 5) is 26.7. The Kier molecular flexibility index (Phi) is 7.57. The molecule has 3 saturated carbocycles. The van der Waals surface area contributed by atoms with Crippen LogP contribution in [0.15, 0.2) is 34.3 Å². The van der Waals surface area contributed by atoms with Gasteiger partial charge in [0, 0.05) is 12.0 Å². The van der Waals surface area contributed by atoms with Crippen molar-refractivity contribution < 1.29 is 9.59 Å². The zero-order chi connectivity index (χ0) is 26.4. The number of hydrazone groups is 1. The Morgan fingerprint density at radius 2 is 1.95 bits per heavy atom. The van der Waals surface area contributed by atoms with E-state index in [0.717, 1.165) is 41.9 Å². The van der Waals surface area contributed by atoms with Gasteiger partial charge < -0.3 is 0 Å². The molecule has 0 bridgehead atoms. The van der Waals surface area contributed by atoms with Crippen LogP contribution in [0.3, 0.4) is 0 Å². The van der Waals surface area contributed by atoms with Gasteiger partial charge in [0.05, 0.1) is 10.6 Å². The number of fused-ring (bicyclic) bond motifs is 5. The molecule has 202 valence electrons. The SMILES string of the molecule is CC(C)CCC[C@@H](C)[C@H]1CC[C@H]2[C@@H]3CC(=O)C4=C/C(=N/NC(=O)c5cccs5)CC[C@]4(C)[C@H]3CC[C@]12C. The van der Waals surface area contributed by atoms with Crippen molar-refractivity contribution in [2.45, 2.75) is 98.8 Å². The first-order chi connectivity index (χ1) is 17.6. The van der Waals surface area contributed by atoms with Crippen LogP contribution in [-0.4, -0.2) is 17.4 Å². The van der Waals surface area contributed by atoms with Crippen molar-refractivity contribution >= 4 is 28.7 Å². The number of hydrogen-bond acceptors (Lipinski definition) is 4. The number of allylic oxidation sites excluding steroid dienone is 2. The van der Waals surface area contributed by atoms with Crippen LogP contribution in [0.25, 0.3) is 0 Å². The third-order valence-corrected chi connectivity index (χ3v) is 11.9. The number of rotatable bonds is 7. The molecule has 1 amide bonds. The fraction of sp³-hybridized carbons (Fsp3) is 0.719. The second kappa shape index (κ2) is 10.4. The molecule has 0 aliphatic heterocycles. The van der Waals surface area contributed by atoms with E-state index in [1.807, 2.05) is 17.5 Å². The highest BCUT2D eigenvalue weighted by atomic mass is 32.1. The quantitative estimate of drug-likeness (QED) is 0.368. The third-order valence-electron chi connectivity index (χ3n) is 11.1. The predicted octanol–water partition coefficient (Wildman–Crippen LogP) is 8.05. The molecular formula is C32H46N2O2S. The van der Waals surface area contributed by atoms with Gasteiger partial charge in [0.2, 0.25) is 0 Å². The molecule has 4 nitrogen and oxygen atoms in total. The third kappa shape index (κ3) is 4.90. The van der Waals surface area contributed by atoms with Gasteiger partial charge >= 0.3 is 0 Å². The van der Waals surface area contributed by atoms with Crippen LogP contribution in [0.2, 0.25) is 0 Å². The Balaban J connectivity index is 1.31. The van der Waals surface area contributed by atoms with E-state index in [2.05, 4.69) is 45.1 Å². The van der Waals surface area contributed by atoms with E-state index in [9.17, 15) is 9.59 Å². The van der Waals surface area contributed by atoms with E-state index in [0.29, 0.717) is 40.2 Å². The zero-order valence-electron chi connectivity index (χ0n) is 23.5. The Morgan fingerprint density at radius 1 is 1.14 bits per heavy atom. The van der Waals surface area contributed by atoms with Gasteiger partial charge in [-0.2, -0.15) is 5.10 Å². The number of nitrogens with zero attached hydrogens (tertiary/aromatic N) is 1. The molecule has 0 saturated heterocycles. The largest absolute Gasteiger partial charge is 0.295 e. The average molecular weight is 523 g/mol. The number of ketones is 1. The van der Waals surface area contributed by atoms with Gasteiger partial charge in [-0.15, -0.1) is 11.3 Å². The van der Waals surface area contributed by atoms with E-state index >= 15 is 0 Å². The second-order valence-electron chi connectivity index (χ2n) is 13.5. The number of hydrogen-bond donors (Lipinski definition) is 1. The van der Waals surface area contributed by atoms with Crippen LogP contribution < -0.4 is 5.43 Å². The maximum Gasteiger partial charge on any atom is 0.281 e. The number of amides is 1. The van der Waals surface area contributed by atoms with Crippen molar-refractivity contribution in [3.8, 4) is 0 Å². The van der Waals surface area contributed by atoms with Crippen LogP contribution in [-0.2, 0) is 4.79 Å². The molecule has 0 spiro atoms. The fourth-order valence-electron chi connectivity index (χ4n) is 9.10. The first kappa shape index (κ1) is 26.8. The normalized spacial score (nSPS) is 37.1. The molecule has 0 aromatic carbocycles. The maximum absolute atomic E-state index is 13.7. The lowest BCUT2D eigenvalue weighted by Crippen LogP contribution is -2.53. The minimum absolute atomic E-state index is 0.0565. The van der Waals surface area contributed by atoms with Crippen LogP contribution in [0.1, 0.15) is 108 Å². The summed E-state index contributed by atoms with van der Waals surface area (Å²) in [6.07, 6.45) is 13.8. The summed E-state index contributed by atoms with van der Waals surface area (Å²) >= 11 is 1.41. The van der Waals surface area contributed by atoms with Crippen molar-refractivity contribution in [3.63, 3.8) is 0 Å². The summed E-state index contributed by atoms with van der Waals surface area (Å²) in [5, 5.41) is 6.31. The van der Waals surface area contributed by atoms with Gasteiger partial charge in [0.1, 0.15) is 0 Å². The van der Waals surface area contributed by atoms with E-state index in [-0.39, 0.29) is 11.3 Å². The van der Waals surface area contributed by atoms with Gasteiger partial charge in [0.15, 0.2) is 5.78 Å². The lowest BCUT2D eigenvalue weighted by atomic mass is 9.46. The first-order valence-electron chi connectivity index (χ1n) is 14.8. The van der Waals surface area contributed by atoms with Crippen molar-refractivity contribution in [2.24, 2.45) is 51.4 Å². The van der Waals surface area contributed by atoms with E-state index in [1.54, 1.807) is 6.07 Å². The molecule has 3 fully saturated rings. The first-order valence-corrected chi connectivity index (χ1v) is 15.7. The fourth-order valence-corrected chi connectivity index (χ4v) is 9.71. The molecular weight excluding hydrogens is 476 g/mol. The summed E-state index contributed by atoms with van der Waals surface area (Å²) in [5.41, 5.74) is 4.86. The highest BCUT2D eigenvalue weighted by molar-refractivity contribution is 7.12. The van der Waals surface area contributed by atoms with E-state index in [1.165, 1.54) is 56.3 Å². The van der Waals surface area contributed by atoms with E-state index in [4.69, 9.17) is 0 Å². The Morgan fingerprint density at radius 3 is 2.68 bits per heavy atom. The van der Waals surface area contributed by atoms with Gasteiger partial charge in [-0.3, -0.25) is 9.59 Å². The molecule has 1 N–H and O–H groups in total. The van der Waals surface area contributed by atoms with Gasteiger partial charge in [0.25, 0.3) is 5.91 Å².